The minimum Gasteiger partial charge on any atom is -0.323 e. The molecule has 2 nitrogen and oxygen atoms in total. The van der Waals surface area contributed by atoms with Crippen molar-refractivity contribution in [2.24, 2.45) is 5.73 Å². The maximum atomic E-state index is 5.77. The van der Waals surface area contributed by atoms with Crippen LogP contribution in [-0.2, 0) is 0 Å². The summed E-state index contributed by atoms with van der Waals surface area (Å²) in [5.74, 6) is 0. The molecule has 0 spiro atoms. The summed E-state index contributed by atoms with van der Waals surface area (Å²) in [6.07, 6.45) is 2.69. The second-order valence-corrected chi connectivity index (χ2v) is 3.33. The van der Waals surface area contributed by atoms with E-state index in [1.807, 2.05) is 19.1 Å². The zero-order chi connectivity index (χ0) is 8.27. The van der Waals surface area contributed by atoms with Gasteiger partial charge in [0.05, 0.1) is 5.69 Å². The standard InChI is InChI=1S/C8H11BrN2.ClH/c1-2-7(10)8-4-3-6(9)5-11-8;/h3-5,7H,2,10H2,1H3;1H/t7-;/m1./s1. The van der Waals surface area contributed by atoms with Crippen molar-refractivity contribution in [2.75, 3.05) is 0 Å². The lowest BCUT2D eigenvalue weighted by molar-refractivity contribution is 0.675. The van der Waals surface area contributed by atoms with Crippen LogP contribution in [0.3, 0.4) is 0 Å². The highest BCUT2D eigenvalue weighted by atomic mass is 79.9. The molecule has 0 aliphatic carbocycles. The van der Waals surface area contributed by atoms with Crippen LogP contribution in [0, 0.1) is 0 Å². The van der Waals surface area contributed by atoms with Gasteiger partial charge in [0.25, 0.3) is 0 Å². The molecule has 68 valence electrons. The van der Waals surface area contributed by atoms with E-state index >= 15 is 0 Å². The largest absolute Gasteiger partial charge is 0.323 e. The van der Waals surface area contributed by atoms with E-state index in [2.05, 4.69) is 20.9 Å². The summed E-state index contributed by atoms with van der Waals surface area (Å²) in [7, 11) is 0. The number of halogens is 2. The maximum absolute atomic E-state index is 5.77. The number of hydrogen-bond acceptors (Lipinski definition) is 2. The Kier molecular flexibility index (Phi) is 5.46. The van der Waals surface area contributed by atoms with E-state index in [1.165, 1.54) is 0 Å². The average Bonchev–Trinajstić information content (AvgIpc) is 2.05. The third-order valence-electron chi connectivity index (χ3n) is 1.57. The third kappa shape index (κ3) is 3.09. The Morgan fingerprint density at radius 1 is 1.58 bits per heavy atom. The Labute approximate surface area is 87.1 Å². The van der Waals surface area contributed by atoms with Gasteiger partial charge in [-0.25, -0.2) is 0 Å². The fourth-order valence-electron chi connectivity index (χ4n) is 0.816. The molecule has 0 unspecified atom stereocenters. The Bertz CT molecular complexity index is 225. The molecule has 0 aliphatic rings. The molecule has 1 heterocycles. The first-order valence-corrected chi connectivity index (χ1v) is 4.40. The van der Waals surface area contributed by atoms with Crippen LogP contribution in [0.5, 0.6) is 0 Å². The van der Waals surface area contributed by atoms with Gasteiger partial charge in [-0.2, -0.15) is 0 Å². The Morgan fingerprint density at radius 3 is 2.67 bits per heavy atom. The maximum Gasteiger partial charge on any atom is 0.0571 e. The molecule has 0 amide bonds. The lowest BCUT2D eigenvalue weighted by Gasteiger charge is -2.06. The SMILES string of the molecule is CC[C@@H](N)c1ccc(Br)cn1.Cl. The Hall–Kier alpha value is -0.120. The molecule has 1 aromatic heterocycles. The molecule has 0 aromatic carbocycles. The topological polar surface area (TPSA) is 38.9 Å². The van der Waals surface area contributed by atoms with E-state index in [1.54, 1.807) is 6.20 Å². The second kappa shape index (κ2) is 5.51. The summed E-state index contributed by atoms with van der Waals surface area (Å²) in [5, 5.41) is 0. The smallest absolute Gasteiger partial charge is 0.0571 e. The fourth-order valence-corrected chi connectivity index (χ4v) is 1.05. The molecule has 0 saturated heterocycles. The van der Waals surface area contributed by atoms with Crippen molar-refractivity contribution in [3.05, 3.63) is 28.5 Å². The monoisotopic (exact) mass is 250 g/mol. The molecular weight excluding hydrogens is 239 g/mol. The van der Waals surface area contributed by atoms with Gasteiger partial charge in [-0.15, -0.1) is 12.4 Å². The summed E-state index contributed by atoms with van der Waals surface area (Å²) in [6, 6.07) is 3.97. The lowest BCUT2D eigenvalue weighted by Crippen LogP contribution is -2.09. The number of rotatable bonds is 2. The van der Waals surface area contributed by atoms with E-state index in [9.17, 15) is 0 Å². The molecule has 1 atom stereocenters. The molecule has 4 heteroatoms. The number of nitrogens with zero attached hydrogens (tertiary/aromatic N) is 1. The summed E-state index contributed by atoms with van der Waals surface area (Å²) in [5.41, 5.74) is 6.72. The van der Waals surface area contributed by atoms with E-state index in [0.717, 1.165) is 16.6 Å². The van der Waals surface area contributed by atoms with Crippen molar-refractivity contribution in [3.63, 3.8) is 0 Å². The Morgan fingerprint density at radius 2 is 2.25 bits per heavy atom. The lowest BCUT2D eigenvalue weighted by atomic mass is 10.1. The molecule has 0 radical (unpaired) electrons. The number of hydrogen-bond donors (Lipinski definition) is 1. The van der Waals surface area contributed by atoms with Crippen LogP contribution in [0.2, 0.25) is 0 Å². The summed E-state index contributed by atoms with van der Waals surface area (Å²) < 4.78 is 0.990. The van der Waals surface area contributed by atoms with E-state index in [4.69, 9.17) is 5.73 Å². The van der Waals surface area contributed by atoms with Crippen LogP contribution < -0.4 is 5.73 Å². The van der Waals surface area contributed by atoms with Gasteiger partial charge in [-0.3, -0.25) is 4.98 Å². The summed E-state index contributed by atoms with van der Waals surface area (Å²) in [4.78, 5) is 4.18. The van der Waals surface area contributed by atoms with E-state index in [-0.39, 0.29) is 18.4 Å². The highest BCUT2D eigenvalue weighted by Crippen LogP contribution is 2.13. The van der Waals surface area contributed by atoms with Crippen LogP contribution in [-0.4, -0.2) is 4.98 Å². The van der Waals surface area contributed by atoms with Crippen molar-refractivity contribution in [3.8, 4) is 0 Å². The predicted octanol–water partition coefficient (Wildman–Crippen LogP) is 2.68. The van der Waals surface area contributed by atoms with Gasteiger partial charge in [0.2, 0.25) is 0 Å². The van der Waals surface area contributed by atoms with Crippen LogP contribution in [0.25, 0.3) is 0 Å². The molecule has 0 fully saturated rings. The van der Waals surface area contributed by atoms with Crippen molar-refractivity contribution in [2.45, 2.75) is 19.4 Å². The predicted molar refractivity (Wildman–Crippen MR) is 56.4 cm³/mol. The van der Waals surface area contributed by atoms with E-state index < -0.39 is 0 Å². The first-order chi connectivity index (χ1) is 5.24. The van der Waals surface area contributed by atoms with Gasteiger partial charge in [-0.1, -0.05) is 6.92 Å². The number of pyridine rings is 1. The highest BCUT2D eigenvalue weighted by Gasteiger charge is 2.02. The van der Waals surface area contributed by atoms with Gasteiger partial charge >= 0.3 is 0 Å². The Balaban J connectivity index is 0.00000121. The van der Waals surface area contributed by atoms with Crippen LogP contribution >= 0.6 is 28.3 Å². The van der Waals surface area contributed by atoms with Crippen molar-refractivity contribution in [1.82, 2.24) is 4.98 Å². The van der Waals surface area contributed by atoms with Gasteiger partial charge in [0, 0.05) is 16.7 Å². The zero-order valence-electron chi connectivity index (χ0n) is 6.83. The molecule has 1 rings (SSSR count). The highest BCUT2D eigenvalue weighted by molar-refractivity contribution is 9.10. The first-order valence-electron chi connectivity index (χ1n) is 3.61. The van der Waals surface area contributed by atoms with Crippen molar-refractivity contribution < 1.29 is 0 Å². The van der Waals surface area contributed by atoms with Gasteiger partial charge < -0.3 is 5.73 Å². The van der Waals surface area contributed by atoms with Gasteiger partial charge in [-0.05, 0) is 34.5 Å². The van der Waals surface area contributed by atoms with Crippen LogP contribution in [0.4, 0.5) is 0 Å². The zero-order valence-corrected chi connectivity index (χ0v) is 9.23. The number of aromatic nitrogens is 1. The molecule has 0 bridgehead atoms. The minimum atomic E-state index is 0. The molecule has 1 aromatic rings. The van der Waals surface area contributed by atoms with Crippen LogP contribution in [0.15, 0.2) is 22.8 Å². The summed E-state index contributed by atoms with van der Waals surface area (Å²) in [6.45, 7) is 2.05. The first kappa shape index (κ1) is 11.9. The minimum absolute atomic E-state index is 0. The quantitative estimate of drug-likeness (QED) is 0.878. The summed E-state index contributed by atoms with van der Waals surface area (Å²) >= 11 is 3.31. The van der Waals surface area contributed by atoms with Crippen LogP contribution in [0.1, 0.15) is 25.1 Å². The molecule has 0 aliphatic heterocycles. The molecule has 12 heavy (non-hydrogen) atoms. The fraction of sp³-hybridized carbons (Fsp3) is 0.375. The van der Waals surface area contributed by atoms with Crippen molar-refractivity contribution >= 4 is 28.3 Å². The van der Waals surface area contributed by atoms with Crippen molar-refractivity contribution in [1.29, 1.82) is 0 Å². The average molecular weight is 252 g/mol. The van der Waals surface area contributed by atoms with Gasteiger partial charge in [0.1, 0.15) is 0 Å². The third-order valence-corrected chi connectivity index (χ3v) is 2.04. The normalized spacial score (nSPS) is 11.9. The molecular formula is C8H12BrClN2. The van der Waals surface area contributed by atoms with Gasteiger partial charge in [0.15, 0.2) is 0 Å². The second-order valence-electron chi connectivity index (χ2n) is 2.42. The molecule has 0 saturated carbocycles. The molecule has 2 N–H and O–H groups in total. The van der Waals surface area contributed by atoms with E-state index in [0.29, 0.717) is 0 Å². The number of nitrogens with two attached hydrogens (primary N) is 1.